The zero-order valence-electron chi connectivity index (χ0n) is 15.6. The van der Waals surface area contributed by atoms with E-state index in [4.69, 9.17) is 11.6 Å². The Labute approximate surface area is 177 Å². The summed E-state index contributed by atoms with van der Waals surface area (Å²) < 4.78 is 38.8. The van der Waals surface area contributed by atoms with Gasteiger partial charge in [-0.1, -0.05) is 17.7 Å². The summed E-state index contributed by atoms with van der Waals surface area (Å²) in [5, 5.41) is 3.85. The fourth-order valence-corrected chi connectivity index (χ4v) is 3.63. The average Bonchev–Trinajstić information content (AvgIpc) is 2.70. The minimum atomic E-state index is -3.42. The van der Waals surface area contributed by atoms with Gasteiger partial charge in [0, 0.05) is 22.8 Å². The number of nitrogens with zero attached hydrogens (tertiary/aromatic N) is 3. The van der Waals surface area contributed by atoms with Crippen molar-refractivity contribution in [3.8, 4) is 11.1 Å². The molecule has 0 radical (unpaired) electrons. The van der Waals surface area contributed by atoms with E-state index in [2.05, 4.69) is 25.0 Å². The van der Waals surface area contributed by atoms with Crippen LogP contribution in [0.4, 0.5) is 21.6 Å². The lowest BCUT2D eigenvalue weighted by Crippen LogP contribution is -2.09. The highest BCUT2D eigenvalue weighted by Gasteiger charge is 2.10. The Hall–Kier alpha value is -3.30. The van der Waals surface area contributed by atoms with Crippen molar-refractivity contribution in [1.29, 1.82) is 0 Å². The van der Waals surface area contributed by atoms with Crippen LogP contribution in [0.25, 0.3) is 22.0 Å². The van der Waals surface area contributed by atoms with Gasteiger partial charge in [0.2, 0.25) is 10.0 Å². The first kappa shape index (κ1) is 20.0. The molecule has 2 N–H and O–H groups in total. The monoisotopic (exact) mass is 443 g/mol. The van der Waals surface area contributed by atoms with Gasteiger partial charge in [0.1, 0.15) is 18.0 Å². The molecule has 0 unspecified atom stereocenters. The molecule has 4 rings (SSSR count). The highest BCUT2D eigenvalue weighted by Crippen LogP contribution is 2.30. The Morgan fingerprint density at radius 3 is 2.57 bits per heavy atom. The molecule has 2 aromatic heterocycles. The molecular formula is C20H15ClFN5O2S. The van der Waals surface area contributed by atoms with Crippen LogP contribution in [-0.4, -0.2) is 29.6 Å². The molecule has 0 saturated heterocycles. The molecule has 0 aliphatic heterocycles. The number of sulfonamides is 1. The zero-order valence-corrected chi connectivity index (χ0v) is 17.2. The molecule has 30 heavy (non-hydrogen) atoms. The van der Waals surface area contributed by atoms with Crippen LogP contribution >= 0.6 is 11.6 Å². The standard InChI is InChI=1S/C20H15ClFN5O2S/c1-30(28,29)27-15-6-13(9-23-10-15)12-2-5-19-16(7-12)20(25-11-24-19)26-14-3-4-18(22)17(21)8-14/h2-11,27H,1H3,(H,24,25,26). The molecular weight excluding hydrogens is 429 g/mol. The number of halogens is 2. The number of anilines is 3. The molecule has 0 saturated carbocycles. The van der Waals surface area contributed by atoms with Gasteiger partial charge < -0.3 is 5.32 Å². The van der Waals surface area contributed by atoms with Crippen molar-refractivity contribution in [2.24, 2.45) is 0 Å². The van der Waals surface area contributed by atoms with Crippen molar-refractivity contribution in [1.82, 2.24) is 15.0 Å². The first-order valence-electron chi connectivity index (χ1n) is 8.68. The molecule has 152 valence electrons. The van der Waals surface area contributed by atoms with E-state index in [1.165, 1.54) is 24.7 Å². The zero-order chi connectivity index (χ0) is 21.3. The number of aromatic nitrogens is 3. The number of hydrogen-bond donors (Lipinski definition) is 2. The third kappa shape index (κ3) is 4.47. The summed E-state index contributed by atoms with van der Waals surface area (Å²) in [4.78, 5) is 12.7. The first-order valence-corrected chi connectivity index (χ1v) is 11.0. The van der Waals surface area contributed by atoms with Crippen LogP contribution in [0.5, 0.6) is 0 Å². The number of fused-ring (bicyclic) bond motifs is 1. The quantitative estimate of drug-likeness (QED) is 0.468. The highest BCUT2D eigenvalue weighted by atomic mass is 35.5. The van der Waals surface area contributed by atoms with Gasteiger partial charge in [-0.05, 0) is 42.0 Å². The van der Waals surface area contributed by atoms with Crippen LogP contribution < -0.4 is 10.0 Å². The molecule has 0 aliphatic rings. The molecule has 4 aromatic rings. The molecule has 2 aromatic carbocycles. The predicted molar refractivity (Wildman–Crippen MR) is 116 cm³/mol. The fourth-order valence-electron chi connectivity index (χ4n) is 2.91. The van der Waals surface area contributed by atoms with Crippen LogP contribution in [0, 0.1) is 5.82 Å². The van der Waals surface area contributed by atoms with Gasteiger partial charge in [-0.25, -0.2) is 22.8 Å². The lowest BCUT2D eigenvalue weighted by atomic mass is 10.0. The van der Waals surface area contributed by atoms with E-state index in [0.29, 0.717) is 28.3 Å². The van der Waals surface area contributed by atoms with Crippen molar-refractivity contribution in [3.05, 3.63) is 72.0 Å². The van der Waals surface area contributed by atoms with Gasteiger partial charge in [-0.2, -0.15) is 0 Å². The Kier molecular flexibility index (Phi) is 5.23. The molecule has 0 amide bonds. The van der Waals surface area contributed by atoms with Gasteiger partial charge in [-0.15, -0.1) is 0 Å². The van der Waals surface area contributed by atoms with E-state index in [0.717, 1.165) is 17.2 Å². The third-order valence-corrected chi connectivity index (χ3v) is 5.09. The van der Waals surface area contributed by atoms with Crippen molar-refractivity contribution in [2.45, 2.75) is 0 Å². The van der Waals surface area contributed by atoms with E-state index in [1.807, 2.05) is 18.2 Å². The normalized spacial score (nSPS) is 11.4. The van der Waals surface area contributed by atoms with Gasteiger partial charge in [0.15, 0.2) is 0 Å². The van der Waals surface area contributed by atoms with E-state index in [9.17, 15) is 12.8 Å². The maximum absolute atomic E-state index is 13.4. The van der Waals surface area contributed by atoms with E-state index in [1.54, 1.807) is 18.3 Å². The summed E-state index contributed by atoms with van der Waals surface area (Å²) in [6, 6.07) is 11.5. The summed E-state index contributed by atoms with van der Waals surface area (Å²) in [5.74, 6) is 0.00929. The number of benzene rings is 2. The maximum atomic E-state index is 13.4. The Morgan fingerprint density at radius 1 is 0.967 bits per heavy atom. The molecule has 0 bridgehead atoms. The molecule has 7 nitrogen and oxygen atoms in total. The lowest BCUT2D eigenvalue weighted by Gasteiger charge is -2.11. The molecule has 0 spiro atoms. The predicted octanol–water partition coefficient (Wildman–Crippen LogP) is 4.60. The molecule has 0 atom stereocenters. The molecule has 0 fully saturated rings. The SMILES string of the molecule is CS(=O)(=O)Nc1cncc(-c2ccc3ncnc(Nc4ccc(F)c(Cl)c4)c3c2)c1. The Morgan fingerprint density at radius 2 is 1.80 bits per heavy atom. The smallest absolute Gasteiger partial charge is 0.229 e. The number of pyridine rings is 1. The molecule has 2 heterocycles. The molecule has 0 aliphatic carbocycles. The number of rotatable bonds is 5. The van der Waals surface area contributed by atoms with Crippen LogP contribution in [0.2, 0.25) is 5.02 Å². The van der Waals surface area contributed by atoms with Crippen LogP contribution in [0.3, 0.4) is 0 Å². The summed E-state index contributed by atoms with van der Waals surface area (Å²) in [6.07, 6.45) is 5.56. The van der Waals surface area contributed by atoms with Gasteiger partial charge >= 0.3 is 0 Å². The second-order valence-electron chi connectivity index (χ2n) is 6.54. The van der Waals surface area contributed by atoms with Gasteiger partial charge in [-0.3, -0.25) is 9.71 Å². The summed E-state index contributed by atoms with van der Waals surface area (Å²) >= 11 is 5.86. The van der Waals surface area contributed by atoms with Gasteiger partial charge in [0.25, 0.3) is 0 Å². The average molecular weight is 444 g/mol. The van der Waals surface area contributed by atoms with Crippen molar-refractivity contribution >= 4 is 49.7 Å². The van der Waals surface area contributed by atoms with Crippen LogP contribution in [0.1, 0.15) is 0 Å². The van der Waals surface area contributed by atoms with Gasteiger partial charge in [0.05, 0.1) is 28.7 Å². The fraction of sp³-hybridized carbons (Fsp3) is 0.0500. The molecule has 10 heteroatoms. The van der Waals surface area contributed by atoms with Crippen LogP contribution in [0.15, 0.2) is 61.2 Å². The Balaban J connectivity index is 1.74. The number of hydrogen-bond acceptors (Lipinski definition) is 6. The minimum absolute atomic E-state index is 0.000293. The minimum Gasteiger partial charge on any atom is -0.340 e. The lowest BCUT2D eigenvalue weighted by molar-refractivity contribution is 0.606. The summed E-state index contributed by atoms with van der Waals surface area (Å²) in [6.45, 7) is 0. The first-order chi connectivity index (χ1) is 14.3. The van der Waals surface area contributed by atoms with Crippen molar-refractivity contribution in [2.75, 3.05) is 16.3 Å². The summed E-state index contributed by atoms with van der Waals surface area (Å²) in [5.41, 5.74) is 3.14. The number of nitrogens with one attached hydrogen (secondary N) is 2. The van der Waals surface area contributed by atoms with E-state index < -0.39 is 15.8 Å². The van der Waals surface area contributed by atoms with Crippen LogP contribution in [-0.2, 0) is 10.0 Å². The second-order valence-corrected chi connectivity index (χ2v) is 8.70. The topological polar surface area (TPSA) is 96.9 Å². The summed E-state index contributed by atoms with van der Waals surface area (Å²) in [7, 11) is -3.42. The van der Waals surface area contributed by atoms with Crippen molar-refractivity contribution in [3.63, 3.8) is 0 Å². The Bertz CT molecular complexity index is 1360. The third-order valence-electron chi connectivity index (χ3n) is 4.19. The second kappa shape index (κ2) is 7.85. The highest BCUT2D eigenvalue weighted by molar-refractivity contribution is 7.92. The van der Waals surface area contributed by atoms with E-state index >= 15 is 0 Å². The van der Waals surface area contributed by atoms with Crippen molar-refractivity contribution < 1.29 is 12.8 Å². The van der Waals surface area contributed by atoms with E-state index in [-0.39, 0.29) is 5.02 Å². The maximum Gasteiger partial charge on any atom is 0.229 e. The largest absolute Gasteiger partial charge is 0.340 e.